The summed E-state index contributed by atoms with van der Waals surface area (Å²) >= 11 is 0. The molecule has 0 fully saturated rings. The summed E-state index contributed by atoms with van der Waals surface area (Å²) in [6.07, 6.45) is 1.21. The molecule has 2 heteroatoms. The van der Waals surface area contributed by atoms with E-state index in [0.717, 1.165) is 6.61 Å². The van der Waals surface area contributed by atoms with E-state index in [1.807, 2.05) is 12.6 Å². The summed E-state index contributed by atoms with van der Waals surface area (Å²) in [5, 5.41) is 0. The van der Waals surface area contributed by atoms with Gasteiger partial charge < -0.3 is 4.43 Å². The molecule has 0 amide bonds. The van der Waals surface area contributed by atoms with E-state index in [1.54, 1.807) is 0 Å². The van der Waals surface area contributed by atoms with Gasteiger partial charge >= 0.3 is 0 Å². The van der Waals surface area contributed by atoms with Crippen molar-refractivity contribution in [2.75, 3.05) is 6.61 Å². The molecule has 1 radical (unpaired) electrons. The Kier molecular flexibility index (Phi) is 5.99. The minimum atomic E-state index is -0.622. The van der Waals surface area contributed by atoms with Crippen LogP contribution in [-0.2, 0) is 4.43 Å². The van der Waals surface area contributed by atoms with Gasteiger partial charge in [0.15, 0.2) is 0 Å². The SMILES string of the molecule is C=C[Si](CCC)OCC. The summed E-state index contributed by atoms with van der Waals surface area (Å²) in [5.74, 6) is 0. The Hall–Kier alpha value is -0.0831. The number of hydrogen-bond acceptors (Lipinski definition) is 1. The first-order valence-corrected chi connectivity index (χ1v) is 5.15. The first kappa shape index (κ1) is 8.92. The van der Waals surface area contributed by atoms with E-state index in [1.165, 1.54) is 12.5 Å². The fourth-order valence-electron chi connectivity index (χ4n) is 0.665. The summed E-state index contributed by atoms with van der Waals surface area (Å²) in [5.41, 5.74) is 1.97. The van der Waals surface area contributed by atoms with Crippen LogP contribution >= 0.6 is 0 Å². The lowest BCUT2D eigenvalue weighted by Gasteiger charge is -2.06. The first-order chi connectivity index (χ1) is 4.35. The largest absolute Gasteiger partial charge is 0.413 e. The predicted octanol–water partition coefficient (Wildman–Crippen LogP) is 2.15. The van der Waals surface area contributed by atoms with Crippen molar-refractivity contribution in [3.63, 3.8) is 0 Å². The molecule has 0 saturated heterocycles. The van der Waals surface area contributed by atoms with E-state index in [0.29, 0.717) is 0 Å². The highest BCUT2D eigenvalue weighted by atomic mass is 28.3. The highest BCUT2D eigenvalue weighted by molar-refractivity contribution is 6.57. The van der Waals surface area contributed by atoms with E-state index < -0.39 is 9.04 Å². The third kappa shape index (κ3) is 4.42. The molecule has 9 heavy (non-hydrogen) atoms. The molecular formula is C7H15OSi. The third-order valence-corrected chi connectivity index (χ3v) is 3.16. The Morgan fingerprint density at radius 2 is 2.22 bits per heavy atom. The van der Waals surface area contributed by atoms with E-state index in [4.69, 9.17) is 4.43 Å². The second kappa shape index (κ2) is 6.04. The molecule has 0 aromatic rings. The van der Waals surface area contributed by atoms with Crippen molar-refractivity contribution in [1.82, 2.24) is 0 Å². The maximum atomic E-state index is 5.42. The van der Waals surface area contributed by atoms with Crippen LogP contribution in [0.15, 0.2) is 12.3 Å². The van der Waals surface area contributed by atoms with Crippen LogP contribution in [0.25, 0.3) is 0 Å². The molecule has 0 aliphatic carbocycles. The summed E-state index contributed by atoms with van der Waals surface area (Å²) in [4.78, 5) is 0. The molecule has 0 aromatic carbocycles. The van der Waals surface area contributed by atoms with Gasteiger partial charge in [0.05, 0.1) is 0 Å². The third-order valence-electron chi connectivity index (χ3n) is 1.05. The molecule has 0 aliphatic rings. The standard InChI is InChI=1S/C7H15OSi/c1-4-7-9(6-3)8-5-2/h6H,3-5,7H2,1-2H3. The van der Waals surface area contributed by atoms with E-state index in [9.17, 15) is 0 Å². The van der Waals surface area contributed by atoms with E-state index in [-0.39, 0.29) is 0 Å². The van der Waals surface area contributed by atoms with Crippen LogP contribution in [0, 0.1) is 0 Å². The quantitative estimate of drug-likeness (QED) is 0.536. The van der Waals surface area contributed by atoms with Crippen LogP contribution in [-0.4, -0.2) is 15.6 Å². The van der Waals surface area contributed by atoms with Gasteiger partial charge in [0.1, 0.15) is 0 Å². The van der Waals surface area contributed by atoms with Gasteiger partial charge in [-0.2, -0.15) is 0 Å². The molecule has 0 heterocycles. The monoisotopic (exact) mass is 143 g/mol. The Labute approximate surface area is 59.5 Å². The maximum Gasteiger partial charge on any atom is 0.238 e. The fourth-order valence-corrected chi connectivity index (χ4v) is 1.99. The Morgan fingerprint density at radius 1 is 1.56 bits per heavy atom. The van der Waals surface area contributed by atoms with Crippen molar-refractivity contribution in [2.45, 2.75) is 26.3 Å². The molecule has 0 aromatic heterocycles. The van der Waals surface area contributed by atoms with Gasteiger partial charge in [0.2, 0.25) is 9.04 Å². The molecule has 0 aliphatic heterocycles. The van der Waals surface area contributed by atoms with Crippen molar-refractivity contribution in [2.24, 2.45) is 0 Å². The van der Waals surface area contributed by atoms with Crippen molar-refractivity contribution in [3.05, 3.63) is 12.3 Å². The van der Waals surface area contributed by atoms with Crippen LogP contribution in [0.4, 0.5) is 0 Å². The van der Waals surface area contributed by atoms with Crippen molar-refractivity contribution in [3.8, 4) is 0 Å². The minimum Gasteiger partial charge on any atom is -0.413 e. The van der Waals surface area contributed by atoms with Crippen molar-refractivity contribution < 1.29 is 4.43 Å². The second-order valence-corrected chi connectivity index (χ2v) is 3.98. The normalized spacial score (nSPS) is 10.1. The first-order valence-electron chi connectivity index (χ1n) is 3.46. The van der Waals surface area contributed by atoms with Gasteiger partial charge in [0.25, 0.3) is 0 Å². The van der Waals surface area contributed by atoms with Crippen LogP contribution in [0.3, 0.4) is 0 Å². The van der Waals surface area contributed by atoms with Gasteiger partial charge in [0, 0.05) is 6.61 Å². The smallest absolute Gasteiger partial charge is 0.238 e. The van der Waals surface area contributed by atoms with Crippen LogP contribution in [0.2, 0.25) is 6.04 Å². The van der Waals surface area contributed by atoms with Crippen LogP contribution in [0.5, 0.6) is 0 Å². The Bertz CT molecular complexity index is 67.3. The van der Waals surface area contributed by atoms with Gasteiger partial charge in [-0.15, -0.1) is 6.58 Å². The Morgan fingerprint density at radius 3 is 2.56 bits per heavy atom. The lowest BCUT2D eigenvalue weighted by atomic mass is 10.6. The van der Waals surface area contributed by atoms with Gasteiger partial charge in [-0.1, -0.05) is 19.0 Å². The molecular weight excluding hydrogens is 128 g/mol. The number of hydrogen-bond donors (Lipinski definition) is 0. The summed E-state index contributed by atoms with van der Waals surface area (Å²) < 4.78 is 5.42. The molecule has 0 rings (SSSR count). The van der Waals surface area contributed by atoms with E-state index >= 15 is 0 Å². The maximum absolute atomic E-state index is 5.42. The minimum absolute atomic E-state index is 0.622. The molecule has 0 atom stereocenters. The highest BCUT2D eigenvalue weighted by Gasteiger charge is 2.03. The molecule has 0 spiro atoms. The Balaban J connectivity index is 3.29. The fraction of sp³-hybridized carbons (Fsp3) is 0.714. The molecule has 0 unspecified atom stereocenters. The number of rotatable bonds is 5. The average Bonchev–Trinajstić information content (AvgIpc) is 1.88. The van der Waals surface area contributed by atoms with Gasteiger partial charge in [-0.3, -0.25) is 0 Å². The average molecular weight is 143 g/mol. The summed E-state index contributed by atoms with van der Waals surface area (Å²) in [6.45, 7) is 8.76. The highest BCUT2D eigenvalue weighted by Crippen LogP contribution is 1.98. The zero-order valence-corrected chi connectivity index (χ0v) is 7.31. The molecule has 1 nitrogen and oxygen atoms in total. The van der Waals surface area contributed by atoms with Gasteiger partial charge in [-0.25, -0.2) is 0 Å². The van der Waals surface area contributed by atoms with Crippen molar-refractivity contribution >= 4 is 9.04 Å². The second-order valence-electron chi connectivity index (χ2n) is 1.85. The zero-order chi connectivity index (χ0) is 7.11. The molecule has 0 N–H and O–H groups in total. The lowest BCUT2D eigenvalue weighted by molar-refractivity contribution is 0.348. The summed E-state index contributed by atoms with van der Waals surface area (Å²) in [6, 6.07) is 1.20. The predicted molar refractivity (Wildman–Crippen MR) is 42.7 cm³/mol. The zero-order valence-electron chi connectivity index (χ0n) is 6.31. The van der Waals surface area contributed by atoms with Crippen molar-refractivity contribution in [1.29, 1.82) is 0 Å². The molecule has 53 valence electrons. The van der Waals surface area contributed by atoms with Gasteiger partial charge in [-0.05, 0) is 13.0 Å². The van der Waals surface area contributed by atoms with Crippen LogP contribution < -0.4 is 0 Å². The molecule has 0 saturated carbocycles. The molecule has 0 bridgehead atoms. The van der Waals surface area contributed by atoms with Crippen LogP contribution in [0.1, 0.15) is 20.3 Å². The topological polar surface area (TPSA) is 9.23 Å². The van der Waals surface area contributed by atoms with E-state index in [2.05, 4.69) is 13.5 Å². The lowest BCUT2D eigenvalue weighted by Crippen LogP contribution is -2.13. The summed E-state index contributed by atoms with van der Waals surface area (Å²) in [7, 11) is -0.622.